The molecular weight excluding hydrogens is 326 g/mol. The van der Waals surface area contributed by atoms with Gasteiger partial charge in [-0.3, -0.25) is 14.4 Å². The van der Waals surface area contributed by atoms with Crippen LogP contribution in [0.1, 0.15) is 40.0 Å². The maximum Gasteiger partial charge on any atom is 0.305 e. The summed E-state index contributed by atoms with van der Waals surface area (Å²) >= 11 is 0. The first-order valence-corrected chi connectivity index (χ1v) is 7.66. The summed E-state index contributed by atoms with van der Waals surface area (Å²) in [5.41, 5.74) is 0.600. The van der Waals surface area contributed by atoms with Gasteiger partial charge in [-0.1, -0.05) is 0 Å². The Labute approximate surface area is 144 Å². The summed E-state index contributed by atoms with van der Waals surface area (Å²) in [7, 11) is 1.51. The van der Waals surface area contributed by atoms with Crippen LogP contribution in [0.15, 0.2) is 40.8 Å². The lowest BCUT2D eigenvalue weighted by molar-refractivity contribution is -0.137. The molecule has 0 radical (unpaired) electrons. The van der Waals surface area contributed by atoms with Crippen molar-refractivity contribution in [2.45, 2.75) is 20.0 Å². The van der Waals surface area contributed by atoms with Crippen LogP contribution in [0.3, 0.4) is 0 Å². The number of carboxylic acid groups (broad SMARTS) is 1. The summed E-state index contributed by atoms with van der Waals surface area (Å²) in [6.07, 6.45) is -0.130. The molecule has 7 nitrogen and oxygen atoms in total. The number of ketones is 1. The zero-order valence-corrected chi connectivity index (χ0v) is 14.0. The van der Waals surface area contributed by atoms with Crippen molar-refractivity contribution in [3.8, 4) is 5.75 Å². The number of carbonyl (C=O) groups is 3. The quantitative estimate of drug-likeness (QED) is 0.739. The van der Waals surface area contributed by atoms with Gasteiger partial charge >= 0.3 is 5.97 Å². The third kappa shape index (κ3) is 5.20. The van der Waals surface area contributed by atoms with Crippen LogP contribution >= 0.6 is 0 Å². The molecule has 0 saturated carbocycles. The van der Waals surface area contributed by atoms with Crippen molar-refractivity contribution in [2.75, 3.05) is 13.6 Å². The highest BCUT2D eigenvalue weighted by Gasteiger charge is 2.17. The Morgan fingerprint density at radius 1 is 1.12 bits per heavy atom. The fraction of sp³-hybridized carbons (Fsp3) is 0.278. The molecule has 1 aromatic carbocycles. The van der Waals surface area contributed by atoms with Crippen molar-refractivity contribution in [3.63, 3.8) is 0 Å². The van der Waals surface area contributed by atoms with E-state index in [9.17, 15) is 14.4 Å². The highest BCUT2D eigenvalue weighted by Crippen LogP contribution is 2.16. The number of carbonyl (C=O) groups excluding carboxylic acids is 2. The highest BCUT2D eigenvalue weighted by atomic mass is 16.5. The molecule has 2 aromatic rings. The first-order chi connectivity index (χ1) is 11.9. The molecule has 1 N–H and O–H groups in total. The zero-order chi connectivity index (χ0) is 18.4. The van der Waals surface area contributed by atoms with E-state index >= 15 is 0 Å². The Morgan fingerprint density at radius 2 is 1.80 bits per heavy atom. The van der Waals surface area contributed by atoms with Gasteiger partial charge in [0.15, 0.2) is 11.5 Å². The topological polar surface area (TPSA) is 97.1 Å². The normalized spacial score (nSPS) is 10.3. The van der Waals surface area contributed by atoms with Gasteiger partial charge in [-0.25, -0.2) is 0 Å². The van der Waals surface area contributed by atoms with Crippen molar-refractivity contribution >= 4 is 17.7 Å². The first kappa shape index (κ1) is 18.3. The Hall–Kier alpha value is -3.09. The number of furan rings is 1. The van der Waals surface area contributed by atoms with E-state index in [1.165, 1.54) is 24.9 Å². The average Bonchev–Trinajstić information content (AvgIpc) is 3.06. The SMILES string of the molecule is CC(=O)c1ccc(OCc2ccc(C(=O)N(C)CCC(=O)O)o2)cc1. The zero-order valence-electron chi connectivity index (χ0n) is 14.0. The van der Waals surface area contributed by atoms with Gasteiger partial charge in [0, 0.05) is 19.2 Å². The standard InChI is InChI=1S/C18H19NO6/c1-12(20)13-3-5-14(6-4-13)24-11-15-7-8-16(25-15)18(23)19(2)10-9-17(21)22/h3-8H,9-11H2,1-2H3,(H,21,22). The van der Waals surface area contributed by atoms with Gasteiger partial charge in [-0.2, -0.15) is 0 Å². The number of carboxylic acids is 1. The average molecular weight is 345 g/mol. The number of hydrogen-bond acceptors (Lipinski definition) is 5. The molecule has 1 aromatic heterocycles. The molecule has 0 unspecified atom stereocenters. The molecule has 0 fully saturated rings. The van der Waals surface area contributed by atoms with Gasteiger partial charge in [0.05, 0.1) is 6.42 Å². The first-order valence-electron chi connectivity index (χ1n) is 7.66. The molecule has 1 amide bonds. The van der Waals surface area contributed by atoms with Crippen molar-refractivity contribution in [1.29, 1.82) is 0 Å². The molecule has 0 bridgehead atoms. The number of ether oxygens (including phenoxy) is 1. The third-order valence-electron chi connectivity index (χ3n) is 3.52. The van der Waals surface area contributed by atoms with E-state index in [0.29, 0.717) is 17.1 Å². The van der Waals surface area contributed by atoms with Crippen LogP contribution in [-0.2, 0) is 11.4 Å². The molecule has 0 aliphatic heterocycles. The molecule has 25 heavy (non-hydrogen) atoms. The van der Waals surface area contributed by atoms with Crippen molar-refractivity contribution in [2.24, 2.45) is 0 Å². The summed E-state index contributed by atoms with van der Waals surface area (Å²) in [6.45, 7) is 1.72. The lowest BCUT2D eigenvalue weighted by Crippen LogP contribution is -2.28. The largest absolute Gasteiger partial charge is 0.486 e. The van der Waals surface area contributed by atoms with E-state index in [-0.39, 0.29) is 31.1 Å². The molecule has 1 heterocycles. The predicted molar refractivity (Wildman–Crippen MR) is 88.7 cm³/mol. The Bertz CT molecular complexity index is 762. The molecule has 0 aliphatic carbocycles. The number of aliphatic carboxylic acids is 1. The molecule has 0 spiro atoms. The number of nitrogens with zero attached hydrogens (tertiary/aromatic N) is 1. The van der Waals surface area contributed by atoms with Crippen molar-refractivity contribution in [1.82, 2.24) is 4.90 Å². The van der Waals surface area contributed by atoms with Gasteiger partial charge in [0.2, 0.25) is 0 Å². The smallest absolute Gasteiger partial charge is 0.305 e. The van der Waals surface area contributed by atoms with Gasteiger partial charge in [-0.15, -0.1) is 0 Å². The number of benzene rings is 1. The maximum absolute atomic E-state index is 12.1. The highest BCUT2D eigenvalue weighted by molar-refractivity contribution is 5.94. The Morgan fingerprint density at radius 3 is 2.40 bits per heavy atom. The van der Waals surface area contributed by atoms with E-state index in [4.69, 9.17) is 14.3 Å². The minimum absolute atomic E-state index is 0.0206. The number of Topliss-reactive ketones (excluding diaryl/α,β-unsaturated/α-hetero) is 1. The minimum atomic E-state index is -0.969. The molecule has 2 rings (SSSR count). The lowest BCUT2D eigenvalue weighted by Gasteiger charge is -2.13. The summed E-state index contributed by atoms with van der Waals surface area (Å²) in [5.74, 6) is -0.216. The van der Waals surface area contributed by atoms with E-state index < -0.39 is 11.9 Å². The van der Waals surface area contributed by atoms with Crippen LogP contribution in [-0.4, -0.2) is 41.3 Å². The van der Waals surface area contributed by atoms with Crippen LogP contribution in [0.25, 0.3) is 0 Å². The van der Waals surface area contributed by atoms with Gasteiger partial charge in [-0.05, 0) is 43.3 Å². The molecule has 132 valence electrons. The fourth-order valence-corrected chi connectivity index (χ4v) is 2.06. The van der Waals surface area contributed by atoms with E-state index in [0.717, 1.165) is 0 Å². The van der Waals surface area contributed by atoms with E-state index in [1.54, 1.807) is 30.3 Å². The summed E-state index contributed by atoms with van der Waals surface area (Å²) in [5, 5.41) is 8.65. The van der Waals surface area contributed by atoms with Crippen LogP contribution in [0.2, 0.25) is 0 Å². The van der Waals surface area contributed by atoms with Crippen molar-refractivity contribution < 1.29 is 28.6 Å². The fourth-order valence-electron chi connectivity index (χ4n) is 2.06. The summed E-state index contributed by atoms with van der Waals surface area (Å²) in [6, 6.07) is 9.87. The van der Waals surface area contributed by atoms with Crippen molar-refractivity contribution in [3.05, 3.63) is 53.5 Å². The second-order valence-electron chi connectivity index (χ2n) is 5.51. The van der Waals surface area contributed by atoms with Crippen LogP contribution in [0.4, 0.5) is 0 Å². The second-order valence-corrected chi connectivity index (χ2v) is 5.51. The minimum Gasteiger partial charge on any atom is -0.486 e. The van der Waals surface area contributed by atoms with Crippen LogP contribution < -0.4 is 4.74 Å². The maximum atomic E-state index is 12.1. The van der Waals surface area contributed by atoms with Crippen LogP contribution in [0.5, 0.6) is 5.75 Å². The Kier molecular flexibility index (Phi) is 5.94. The lowest BCUT2D eigenvalue weighted by atomic mass is 10.1. The summed E-state index contributed by atoms with van der Waals surface area (Å²) in [4.78, 5) is 35.2. The Balaban J connectivity index is 1.91. The monoisotopic (exact) mass is 345 g/mol. The molecule has 0 atom stereocenters. The van der Waals surface area contributed by atoms with E-state index in [2.05, 4.69) is 0 Å². The molecule has 0 aliphatic rings. The van der Waals surface area contributed by atoms with Gasteiger partial charge in [0.25, 0.3) is 5.91 Å². The molecule has 7 heteroatoms. The van der Waals surface area contributed by atoms with Gasteiger partial charge < -0.3 is 19.2 Å². The second kappa shape index (κ2) is 8.14. The van der Waals surface area contributed by atoms with E-state index in [1.807, 2.05) is 0 Å². The third-order valence-corrected chi connectivity index (χ3v) is 3.52. The van der Waals surface area contributed by atoms with Gasteiger partial charge in [0.1, 0.15) is 18.1 Å². The van der Waals surface area contributed by atoms with Crippen LogP contribution in [0, 0.1) is 0 Å². The number of rotatable bonds is 8. The predicted octanol–water partition coefficient (Wildman–Crippen LogP) is 2.61. The number of amides is 1. The molecule has 0 saturated heterocycles. The number of hydrogen-bond donors (Lipinski definition) is 1. The molecular formula is C18H19NO6. The summed E-state index contributed by atoms with van der Waals surface area (Å²) < 4.78 is 11.0.